The Kier molecular flexibility index (Phi) is 7.51. The number of amides is 1. The number of allylic oxidation sites excluding steroid dienone is 1. The molecule has 0 spiro atoms. The van der Waals surface area contributed by atoms with Gasteiger partial charge < -0.3 is 9.64 Å². The quantitative estimate of drug-likeness (QED) is 0.542. The van der Waals surface area contributed by atoms with Crippen molar-refractivity contribution < 1.29 is 46.6 Å². The Bertz CT molecular complexity index is 550. The molecule has 3 nitrogen and oxygen atoms in total. The zero-order valence-corrected chi connectivity index (χ0v) is 16.5. The fraction of sp³-hybridized carbons (Fsp3) is 0.400. The van der Waals surface area contributed by atoms with Gasteiger partial charge in [-0.25, -0.2) is 10.5 Å². The van der Waals surface area contributed by atoms with Crippen molar-refractivity contribution in [1.82, 2.24) is 4.90 Å². The van der Waals surface area contributed by atoms with Crippen LogP contribution in [-0.4, -0.2) is 28.8 Å². The molecule has 1 unspecified atom stereocenters. The molecular formula is C15H16BrFNO2Y-. The van der Waals surface area contributed by atoms with Crippen molar-refractivity contribution in [2.45, 2.75) is 25.1 Å². The molecule has 0 aliphatic carbocycles. The largest absolute Gasteiger partial charge is 0.494 e. The van der Waals surface area contributed by atoms with Crippen LogP contribution in [0, 0.1) is 11.9 Å². The molecule has 1 aliphatic rings. The first-order valence-electron chi connectivity index (χ1n) is 6.57. The van der Waals surface area contributed by atoms with Gasteiger partial charge in [0.15, 0.2) is 0 Å². The van der Waals surface area contributed by atoms with Crippen molar-refractivity contribution in [3.8, 4) is 5.75 Å². The molecule has 111 valence electrons. The maximum Gasteiger partial charge on any atom is 0.236 e. The maximum absolute atomic E-state index is 14.2. The number of hydrogen-bond donors (Lipinski definition) is 0. The zero-order chi connectivity index (χ0) is 14.7. The summed E-state index contributed by atoms with van der Waals surface area (Å²) in [7, 11) is 0. The Morgan fingerprint density at radius 2 is 2.19 bits per heavy atom. The van der Waals surface area contributed by atoms with E-state index in [0.717, 1.165) is 0 Å². The maximum atomic E-state index is 14.2. The van der Waals surface area contributed by atoms with Gasteiger partial charge in [-0.2, -0.15) is 0 Å². The predicted molar refractivity (Wildman–Crippen MR) is 78.9 cm³/mol. The molecule has 1 aliphatic heterocycles. The second-order valence-corrected chi connectivity index (χ2v) is 5.46. The summed E-state index contributed by atoms with van der Waals surface area (Å²) < 4.78 is 19.5. The molecule has 0 aromatic heterocycles. The van der Waals surface area contributed by atoms with Gasteiger partial charge in [-0.05, 0) is 26.0 Å². The van der Waals surface area contributed by atoms with Gasteiger partial charge in [0.1, 0.15) is 5.75 Å². The summed E-state index contributed by atoms with van der Waals surface area (Å²) in [6, 6.07) is 4.67. The third-order valence-corrected chi connectivity index (χ3v) is 3.79. The number of carbonyl (C=O) groups is 1. The van der Waals surface area contributed by atoms with Crippen LogP contribution in [0.15, 0.2) is 18.2 Å². The summed E-state index contributed by atoms with van der Waals surface area (Å²) in [5.74, 6) is 0.0187. The van der Waals surface area contributed by atoms with Crippen LogP contribution in [0.25, 0.3) is 5.70 Å². The number of carbonyl (C=O) groups excluding carboxylic acids is 1. The van der Waals surface area contributed by atoms with Crippen molar-refractivity contribution in [1.29, 1.82) is 0 Å². The average Bonchev–Trinajstić information content (AvgIpc) is 2.43. The topological polar surface area (TPSA) is 29.5 Å². The molecule has 1 atom stereocenters. The third kappa shape index (κ3) is 4.14. The molecule has 0 saturated carbocycles. The van der Waals surface area contributed by atoms with Crippen LogP contribution in [0.5, 0.6) is 5.75 Å². The molecule has 21 heavy (non-hydrogen) atoms. The number of halogens is 2. The van der Waals surface area contributed by atoms with Crippen LogP contribution < -0.4 is 4.74 Å². The fourth-order valence-corrected chi connectivity index (χ4v) is 2.56. The zero-order valence-electron chi connectivity index (χ0n) is 12.0. The Morgan fingerprint density at radius 3 is 2.76 bits per heavy atom. The van der Waals surface area contributed by atoms with Crippen molar-refractivity contribution in [3.05, 3.63) is 35.7 Å². The minimum atomic E-state index is -0.405. The number of benzene rings is 1. The number of hydrogen-bond acceptors (Lipinski definition) is 2. The van der Waals surface area contributed by atoms with E-state index in [1.807, 2.05) is 13.8 Å². The van der Waals surface area contributed by atoms with Crippen LogP contribution in [-0.2, 0) is 37.5 Å². The minimum absolute atomic E-state index is 0. The normalized spacial score (nSPS) is 18.1. The molecule has 6 heteroatoms. The van der Waals surface area contributed by atoms with E-state index in [-0.39, 0.29) is 43.4 Å². The van der Waals surface area contributed by atoms with E-state index < -0.39 is 5.82 Å². The first-order chi connectivity index (χ1) is 9.58. The number of rotatable bonds is 4. The van der Waals surface area contributed by atoms with Crippen LogP contribution in [0.4, 0.5) is 4.39 Å². The number of nitrogens with zero attached hydrogens (tertiary/aromatic N) is 1. The first kappa shape index (κ1) is 18.8. The smallest absolute Gasteiger partial charge is 0.236 e. The van der Waals surface area contributed by atoms with E-state index in [1.54, 1.807) is 17.0 Å². The summed E-state index contributed by atoms with van der Waals surface area (Å²) in [5, 5.41) is 0. The molecule has 0 fully saturated rings. The fourth-order valence-electron chi connectivity index (χ4n) is 2.15. The SMILES string of the molecule is CCOc1ccc(C2=[C-]CC(Br)C(=O)N2CC)c(F)c1.[Y]. The molecule has 1 heterocycles. The Balaban J connectivity index is 0.00000220. The van der Waals surface area contributed by atoms with Crippen molar-refractivity contribution in [2.24, 2.45) is 0 Å². The first-order valence-corrected chi connectivity index (χ1v) is 7.49. The Hall–Kier alpha value is -0.256. The van der Waals surface area contributed by atoms with E-state index in [0.29, 0.717) is 36.6 Å². The van der Waals surface area contributed by atoms with E-state index in [2.05, 4.69) is 22.0 Å². The third-order valence-electron chi connectivity index (χ3n) is 3.08. The van der Waals surface area contributed by atoms with Gasteiger partial charge in [0.2, 0.25) is 5.91 Å². The molecule has 1 aromatic rings. The van der Waals surface area contributed by atoms with Crippen molar-refractivity contribution in [2.75, 3.05) is 13.2 Å². The van der Waals surface area contributed by atoms with Gasteiger partial charge in [-0.3, -0.25) is 4.79 Å². The van der Waals surface area contributed by atoms with Crippen molar-refractivity contribution >= 4 is 27.5 Å². The molecule has 1 aromatic carbocycles. The van der Waals surface area contributed by atoms with E-state index in [9.17, 15) is 9.18 Å². The van der Waals surface area contributed by atoms with E-state index in [4.69, 9.17) is 4.74 Å². The summed E-state index contributed by atoms with van der Waals surface area (Å²) >= 11 is 3.30. The van der Waals surface area contributed by atoms with Gasteiger partial charge in [-0.1, -0.05) is 22.4 Å². The Morgan fingerprint density at radius 1 is 1.48 bits per heavy atom. The molecule has 0 saturated heterocycles. The van der Waals surface area contributed by atoms with E-state index in [1.165, 1.54) is 6.07 Å². The minimum Gasteiger partial charge on any atom is -0.494 e. The Labute approximate surface area is 157 Å². The molecule has 2 rings (SSSR count). The van der Waals surface area contributed by atoms with Crippen LogP contribution in [0.2, 0.25) is 0 Å². The monoisotopic (exact) mass is 429 g/mol. The van der Waals surface area contributed by atoms with Crippen LogP contribution >= 0.6 is 15.9 Å². The molecule has 0 N–H and O–H groups in total. The average molecular weight is 430 g/mol. The second kappa shape index (κ2) is 8.40. The predicted octanol–water partition coefficient (Wildman–Crippen LogP) is 3.38. The molecule has 1 amide bonds. The summed E-state index contributed by atoms with van der Waals surface area (Å²) in [6.07, 6.45) is 3.54. The van der Waals surface area contributed by atoms with Gasteiger partial charge in [0.25, 0.3) is 0 Å². The summed E-state index contributed by atoms with van der Waals surface area (Å²) in [4.78, 5) is 13.4. The second-order valence-electron chi connectivity index (χ2n) is 4.35. The van der Waals surface area contributed by atoms with Gasteiger partial charge in [0.05, 0.1) is 17.3 Å². The summed E-state index contributed by atoms with van der Waals surface area (Å²) in [6.45, 7) is 4.67. The molecular weight excluding hydrogens is 414 g/mol. The van der Waals surface area contributed by atoms with Crippen LogP contribution in [0.3, 0.4) is 0 Å². The number of ether oxygens (including phenoxy) is 1. The standard InChI is InChI=1S/C15H16BrFNO2.Y/c1-3-18-14(8-7-12(16)15(18)19)11-6-5-10(20-4-2)9-13(11)17;/h5-6,9,12H,3-4,7H2,1-2H3;/q-1;. The van der Waals surface area contributed by atoms with E-state index >= 15 is 0 Å². The number of alkyl halides is 1. The van der Waals surface area contributed by atoms with Crippen molar-refractivity contribution in [3.63, 3.8) is 0 Å². The molecule has 1 radical (unpaired) electrons. The molecule has 0 bridgehead atoms. The van der Waals surface area contributed by atoms with Gasteiger partial charge in [-0.15, -0.1) is 17.3 Å². The van der Waals surface area contributed by atoms with Crippen LogP contribution in [0.1, 0.15) is 25.8 Å². The van der Waals surface area contributed by atoms with Gasteiger partial charge in [0, 0.05) is 39.3 Å². The summed E-state index contributed by atoms with van der Waals surface area (Å²) in [5.41, 5.74) is 0.886. The van der Waals surface area contributed by atoms with Gasteiger partial charge >= 0.3 is 0 Å².